The molecule has 3 aliphatic rings. The molecule has 0 saturated carbocycles. The van der Waals surface area contributed by atoms with Crippen molar-refractivity contribution in [2.45, 2.75) is 31.7 Å². The Morgan fingerprint density at radius 3 is 2.73 bits per heavy atom. The highest BCUT2D eigenvalue weighted by molar-refractivity contribution is 5.97. The normalized spacial score (nSPS) is 21.0. The van der Waals surface area contributed by atoms with Gasteiger partial charge in [0.1, 0.15) is 18.2 Å². The topological polar surface area (TPSA) is 78.2 Å². The van der Waals surface area contributed by atoms with Crippen LogP contribution < -0.4 is 19.9 Å². The molecular formula is C26H31F2N7O2. The molecule has 196 valence electrons. The summed E-state index contributed by atoms with van der Waals surface area (Å²) in [6.07, 6.45) is 3.48. The molecule has 11 heteroatoms. The first-order chi connectivity index (χ1) is 18.0. The van der Waals surface area contributed by atoms with Crippen molar-refractivity contribution in [2.24, 2.45) is 0 Å². The molecule has 3 aliphatic heterocycles. The highest BCUT2D eigenvalue weighted by Crippen LogP contribution is 2.36. The zero-order valence-corrected chi connectivity index (χ0v) is 20.9. The largest absolute Gasteiger partial charge is 0.491 e. The van der Waals surface area contributed by atoms with E-state index in [0.717, 1.165) is 32.4 Å². The highest BCUT2D eigenvalue weighted by Gasteiger charge is 2.34. The number of halogens is 2. The van der Waals surface area contributed by atoms with Gasteiger partial charge in [-0.3, -0.25) is 4.79 Å². The van der Waals surface area contributed by atoms with Gasteiger partial charge in [0.15, 0.2) is 17.3 Å². The monoisotopic (exact) mass is 511 g/mol. The molecule has 0 radical (unpaired) electrons. The predicted molar refractivity (Wildman–Crippen MR) is 135 cm³/mol. The number of carbonyl (C=O) groups is 1. The molecule has 1 aromatic carbocycles. The van der Waals surface area contributed by atoms with Gasteiger partial charge in [0, 0.05) is 52.4 Å². The Morgan fingerprint density at radius 2 is 1.92 bits per heavy atom. The first-order valence-electron chi connectivity index (χ1n) is 13.0. The summed E-state index contributed by atoms with van der Waals surface area (Å²) in [5.74, 6) is -0.127. The average Bonchev–Trinajstić information content (AvgIpc) is 3.28. The van der Waals surface area contributed by atoms with Crippen LogP contribution in [0.3, 0.4) is 0 Å². The van der Waals surface area contributed by atoms with Gasteiger partial charge >= 0.3 is 0 Å². The Bertz CT molecular complexity index is 1330. The van der Waals surface area contributed by atoms with E-state index in [2.05, 4.69) is 10.3 Å². The quantitative estimate of drug-likeness (QED) is 0.538. The predicted octanol–water partition coefficient (Wildman–Crippen LogP) is 3.00. The molecule has 1 N–H and O–H groups in total. The van der Waals surface area contributed by atoms with Gasteiger partial charge in [0.05, 0.1) is 17.3 Å². The minimum Gasteiger partial charge on any atom is -0.491 e. The summed E-state index contributed by atoms with van der Waals surface area (Å²) < 4.78 is 37.6. The van der Waals surface area contributed by atoms with Gasteiger partial charge in [0.2, 0.25) is 5.82 Å². The van der Waals surface area contributed by atoms with Gasteiger partial charge in [-0.25, -0.2) is 9.37 Å². The lowest BCUT2D eigenvalue weighted by Gasteiger charge is -2.35. The third-order valence-electron chi connectivity index (χ3n) is 7.48. The molecule has 9 nitrogen and oxygen atoms in total. The van der Waals surface area contributed by atoms with Crippen LogP contribution in [0.15, 0.2) is 24.3 Å². The number of hydrogen-bond acceptors (Lipinski definition) is 7. The molecule has 2 aromatic heterocycles. The lowest BCUT2D eigenvalue weighted by Crippen LogP contribution is -2.39. The average molecular weight is 512 g/mol. The van der Waals surface area contributed by atoms with Crippen molar-refractivity contribution in [3.63, 3.8) is 0 Å². The van der Waals surface area contributed by atoms with Crippen molar-refractivity contribution in [1.29, 1.82) is 0 Å². The fourth-order valence-electron chi connectivity index (χ4n) is 5.35. The van der Waals surface area contributed by atoms with E-state index >= 15 is 4.39 Å². The van der Waals surface area contributed by atoms with Crippen molar-refractivity contribution in [3.05, 3.63) is 47.2 Å². The number of ether oxygens (including phenoxy) is 1. The minimum absolute atomic E-state index is 0.201. The van der Waals surface area contributed by atoms with E-state index in [1.165, 1.54) is 18.2 Å². The summed E-state index contributed by atoms with van der Waals surface area (Å²) in [5.41, 5.74) is 1.40. The number of rotatable bonds is 1. The Morgan fingerprint density at radius 1 is 1.05 bits per heavy atom. The van der Waals surface area contributed by atoms with E-state index in [4.69, 9.17) is 9.84 Å². The molecule has 1 atom stereocenters. The summed E-state index contributed by atoms with van der Waals surface area (Å²) in [6, 6.07) is 5.59. The first kappa shape index (κ1) is 23.9. The van der Waals surface area contributed by atoms with Crippen molar-refractivity contribution in [2.75, 3.05) is 62.7 Å². The van der Waals surface area contributed by atoms with Gasteiger partial charge in [-0.05, 0) is 43.9 Å². The standard InChI is InChI=1S/C26H31F2N7O2/c1-32-13-8-29-9-14-37-21-7-6-17(27)15-18(21)26(36)34-12-3-2-5-20(34)19-16-22-30-24(33-10-4-11-33)23(28)25(32)35(22)31-19/h6-7,15-16,20,29H,2-5,8-14H2,1H3/t20-/m0/s1. The number of nitrogens with one attached hydrogen (secondary N) is 1. The van der Waals surface area contributed by atoms with Crippen LogP contribution in [0.4, 0.5) is 20.4 Å². The molecule has 0 spiro atoms. The molecule has 0 unspecified atom stereocenters. The van der Waals surface area contributed by atoms with E-state index in [9.17, 15) is 9.18 Å². The lowest BCUT2D eigenvalue weighted by molar-refractivity contribution is 0.0601. The first-order valence-corrected chi connectivity index (χ1v) is 13.0. The maximum atomic E-state index is 15.9. The van der Waals surface area contributed by atoms with Gasteiger partial charge in [-0.1, -0.05) is 0 Å². The highest BCUT2D eigenvalue weighted by atomic mass is 19.1. The maximum Gasteiger partial charge on any atom is 0.258 e. The summed E-state index contributed by atoms with van der Waals surface area (Å²) in [7, 11) is 1.85. The Labute approximate surface area is 214 Å². The van der Waals surface area contributed by atoms with Crippen LogP contribution in [0, 0.1) is 11.6 Å². The van der Waals surface area contributed by atoms with E-state index in [1.807, 2.05) is 22.9 Å². The number of carbonyl (C=O) groups excluding carboxylic acids is 1. The zero-order chi connectivity index (χ0) is 25.5. The Kier molecular flexibility index (Phi) is 6.31. The number of fused-ring (bicyclic) bond motifs is 4. The number of benzene rings is 1. The summed E-state index contributed by atoms with van der Waals surface area (Å²) in [6.45, 7) is 4.01. The van der Waals surface area contributed by atoms with Gasteiger partial charge in [-0.2, -0.15) is 14.0 Å². The summed E-state index contributed by atoms with van der Waals surface area (Å²) in [4.78, 5) is 24.0. The second-order valence-electron chi connectivity index (χ2n) is 9.92. The number of hydrogen-bond donors (Lipinski definition) is 1. The Balaban J connectivity index is 1.48. The minimum atomic E-state index is -0.490. The number of likely N-dealkylation sites (N-methyl/N-ethyl adjacent to an activating group) is 1. The van der Waals surface area contributed by atoms with Crippen LogP contribution in [0.2, 0.25) is 0 Å². The number of piperidine rings is 1. The Hall–Kier alpha value is -3.47. The van der Waals surface area contributed by atoms with E-state index in [1.54, 1.807) is 9.42 Å². The molecular weight excluding hydrogens is 480 g/mol. The van der Waals surface area contributed by atoms with Gasteiger partial charge in [0.25, 0.3) is 5.91 Å². The van der Waals surface area contributed by atoms with Gasteiger partial charge < -0.3 is 24.8 Å². The second-order valence-corrected chi connectivity index (χ2v) is 9.92. The van der Waals surface area contributed by atoms with Crippen LogP contribution >= 0.6 is 0 Å². The number of nitrogens with zero attached hydrogens (tertiary/aromatic N) is 6. The van der Waals surface area contributed by atoms with E-state index in [0.29, 0.717) is 67.9 Å². The molecule has 5 heterocycles. The molecule has 0 aliphatic carbocycles. The number of aromatic nitrogens is 3. The van der Waals surface area contributed by atoms with Crippen LogP contribution in [0.1, 0.15) is 47.8 Å². The van der Waals surface area contributed by atoms with Gasteiger partial charge in [-0.15, -0.1) is 0 Å². The van der Waals surface area contributed by atoms with Crippen LogP contribution in [0.5, 0.6) is 5.75 Å². The number of anilines is 2. The molecule has 2 fully saturated rings. The van der Waals surface area contributed by atoms with Crippen LogP contribution in [-0.2, 0) is 0 Å². The van der Waals surface area contributed by atoms with Crippen molar-refractivity contribution in [1.82, 2.24) is 24.8 Å². The molecule has 2 bridgehead atoms. The lowest BCUT2D eigenvalue weighted by atomic mass is 9.98. The SMILES string of the molecule is CN1CCNCCOc2ccc(F)cc2C(=O)N2CCCC[C@H]2c2cc3nc(N4CCC4)c(F)c1n3n2. The van der Waals surface area contributed by atoms with Crippen molar-refractivity contribution in [3.8, 4) is 5.75 Å². The molecule has 1 amide bonds. The fourth-order valence-corrected chi connectivity index (χ4v) is 5.35. The van der Waals surface area contributed by atoms with Crippen LogP contribution in [-0.4, -0.2) is 78.3 Å². The number of amides is 1. The third-order valence-corrected chi connectivity index (χ3v) is 7.48. The van der Waals surface area contributed by atoms with E-state index in [-0.39, 0.29) is 17.5 Å². The molecule has 6 rings (SSSR count). The molecule has 37 heavy (non-hydrogen) atoms. The van der Waals surface area contributed by atoms with Crippen LogP contribution in [0.25, 0.3) is 5.65 Å². The summed E-state index contributed by atoms with van der Waals surface area (Å²) >= 11 is 0. The van der Waals surface area contributed by atoms with Crippen molar-refractivity contribution < 1.29 is 18.3 Å². The maximum absolute atomic E-state index is 15.9. The van der Waals surface area contributed by atoms with E-state index < -0.39 is 11.6 Å². The second kappa shape index (κ2) is 9.77. The zero-order valence-electron chi connectivity index (χ0n) is 20.9. The fraction of sp³-hybridized carbons (Fsp3) is 0.500. The molecule has 3 aromatic rings. The third kappa shape index (κ3) is 4.35. The van der Waals surface area contributed by atoms with Crippen molar-refractivity contribution >= 4 is 23.2 Å². The molecule has 2 saturated heterocycles. The smallest absolute Gasteiger partial charge is 0.258 e. The summed E-state index contributed by atoms with van der Waals surface area (Å²) in [5, 5.41) is 8.10.